The Kier molecular flexibility index (Phi) is 11.9. The lowest BCUT2D eigenvalue weighted by molar-refractivity contribution is -0.164. The number of fused-ring (bicyclic) bond motifs is 5. The van der Waals surface area contributed by atoms with E-state index in [0.29, 0.717) is 24.3 Å². The standard InChI is InChI=1S/C38H54ClN3O9/c1-21-13-12-14-29(49-11)38(47)20-28(50-35(46)40-38)22(2)25-19-37(25,7)30(51-33(44)23(3)41(8)34(45)36(4,5)6)18-31(43)42(9)26-16-24(15-21)17-27(48-10)32(26)39/h12-14,16-17,22-23,25,28-30,47H,15,18-20H2,1-11H3,(H,40,46)/b14-12+,21-13+/t22-,23-,25-,28-,29+,30-,37-,38-/m1/s1. The molecule has 1 aromatic rings. The average Bonchev–Trinajstić information content (AvgIpc) is 3.75. The Balaban J connectivity index is 1.78. The molecule has 2 fully saturated rings. The van der Waals surface area contributed by atoms with E-state index >= 15 is 0 Å². The molecule has 51 heavy (non-hydrogen) atoms. The fourth-order valence-corrected chi connectivity index (χ4v) is 7.58. The van der Waals surface area contributed by atoms with E-state index in [0.717, 1.165) is 11.1 Å². The largest absolute Gasteiger partial charge is 0.495 e. The van der Waals surface area contributed by atoms with Gasteiger partial charge in [-0.3, -0.25) is 14.9 Å². The normalized spacial score (nSPS) is 32.3. The summed E-state index contributed by atoms with van der Waals surface area (Å²) >= 11 is 6.77. The van der Waals surface area contributed by atoms with Crippen LogP contribution in [0.15, 0.2) is 35.9 Å². The second-order valence-electron chi connectivity index (χ2n) is 15.7. The van der Waals surface area contributed by atoms with Gasteiger partial charge >= 0.3 is 12.1 Å². The topological polar surface area (TPSA) is 144 Å². The molecule has 4 bridgehead atoms. The number of rotatable bonds is 5. The minimum Gasteiger partial charge on any atom is -0.495 e. The highest BCUT2D eigenvalue weighted by Crippen LogP contribution is 2.61. The molecule has 0 radical (unpaired) electrons. The Morgan fingerprint density at radius 1 is 1.20 bits per heavy atom. The van der Waals surface area contributed by atoms with Crippen molar-refractivity contribution < 1.29 is 43.2 Å². The second kappa shape index (κ2) is 15.2. The van der Waals surface area contributed by atoms with Crippen molar-refractivity contribution in [2.45, 2.75) is 104 Å². The fraction of sp³-hybridized carbons (Fsp3) is 0.632. The Morgan fingerprint density at radius 3 is 2.47 bits per heavy atom. The van der Waals surface area contributed by atoms with Crippen molar-refractivity contribution in [3.8, 4) is 5.75 Å². The summed E-state index contributed by atoms with van der Waals surface area (Å²) in [6.45, 7) is 12.7. The van der Waals surface area contributed by atoms with Crippen LogP contribution in [-0.4, -0.2) is 92.3 Å². The number of amides is 3. The van der Waals surface area contributed by atoms with Crippen molar-refractivity contribution in [2.75, 3.05) is 33.2 Å². The third kappa shape index (κ3) is 8.55. The third-order valence-electron chi connectivity index (χ3n) is 10.8. The van der Waals surface area contributed by atoms with Crippen LogP contribution in [-0.2, 0) is 35.0 Å². The van der Waals surface area contributed by atoms with E-state index < -0.39 is 53.0 Å². The summed E-state index contributed by atoms with van der Waals surface area (Å²) in [4.78, 5) is 56.6. The van der Waals surface area contributed by atoms with E-state index in [1.54, 1.807) is 53.9 Å². The zero-order chi connectivity index (χ0) is 38.2. The molecule has 2 heterocycles. The highest BCUT2D eigenvalue weighted by Gasteiger charge is 2.62. The number of allylic oxidation sites excluding steroid dienone is 3. The smallest absolute Gasteiger partial charge is 0.409 e. The van der Waals surface area contributed by atoms with Crippen molar-refractivity contribution in [3.63, 3.8) is 0 Å². The minimum atomic E-state index is -1.77. The number of hydrogen-bond acceptors (Lipinski definition) is 9. The highest BCUT2D eigenvalue weighted by atomic mass is 35.5. The van der Waals surface area contributed by atoms with Gasteiger partial charge in [0.15, 0.2) is 5.72 Å². The van der Waals surface area contributed by atoms with Crippen molar-refractivity contribution in [1.82, 2.24) is 10.2 Å². The first-order valence-corrected chi connectivity index (χ1v) is 17.7. The zero-order valence-corrected chi connectivity index (χ0v) is 32.4. The van der Waals surface area contributed by atoms with Crippen LogP contribution < -0.4 is 15.0 Å². The van der Waals surface area contributed by atoms with Gasteiger partial charge in [0.1, 0.15) is 35.1 Å². The molecule has 1 saturated heterocycles. The molecule has 8 atom stereocenters. The molecule has 13 heteroatoms. The molecule has 1 aliphatic carbocycles. The van der Waals surface area contributed by atoms with E-state index in [1.165, 1.54) is 24.0 Å². The molecule has 3 aliphatic rings. The van der Waals surface area contributed by atoms with Gasteiger partial charge in [-0.2, -0.15) is 0 Å². The lowest BCUT2D eigenvalue weighted by atomic mass is 9.83. The van der Waals surface area contributed by atoms with Crippen molar-refractivity contribution in [3.05, 3.63) is 46.5 Å². The highest BCUT2D eigenvalue weighted by molar-refractivity contribution is 6.35. The summed E-state index contributed by atoms with van der Waals surface area (Å²) in [5, 5.41) is 14.6. The van der Waals surface area contributed by atoms with Crippen LogP contribution in [0, 0.1) is 22.7 Å². The lowest BCUT2D eigenvalue weighted by Crippen LogP contribution is -2.63. The molecule has 1 saturated carbocycles. The summed E-state index contributed by atoms with van der Waals surface area (Å²) in [6.07, 6.45) is 2.93. The van der Waals surface area contributed by atoms with Crippen LogP contribution in [0.1, 0.15) is 73.3 Å². The van der Waals surface area contributed by atoms with Crippen LogP contribution in [0.3, 0.4) is 0 Å². The number of alkyl carbamates (subject to hydrolysis) is 1. The number of anilines is 1. The Bertz CT molecular complexity index is 1590. The molecular weight excluding hydrogens is 678 g/mol. The Labute approximate surface area is 306 Å². The number of likely N-dealkylation sites (N-methyl/N-ethyl adjacent to an activating group) is 1. The summed E-state index contributed by atoms with van der Waals surface area (Å²) in [5.74, 6) is -1.28. The molecule has 12 nitrogen and oxygen atoms in total. The van der Waals surface area contributed by atoms with Crippen LogP contribution in [0.4, 0.5) is 10.5 Å². The molecule has 0 aromatic heterocycles. The maximum absolute atomic E-state index is 14.2. The van der Waals surface area contributed by atoms with Crippen LogP contribution in [0.25, 0.3) is 0 Å². The van der Waals surface area contributed by atoms with E-state index in [9.17, 15) is 24.3 Å². The van der Waals surface area contributed by atoms with Crippen molar-refractivity contribution in [2.24, 2.45) is 22.7 Å². The molecule has 2 aliphatic heterocycles. The number of nitrogens with one attached hydrogen (secondary N) is 1. The maximum atomic E-state index is 14.2. The first-order chi connectivity index (χ1) is 23.7. The van der Waals surface area contributed by atoms with Crippen LogP contribution in [0.2, 0.25) is 5.02 Å². The van der Waals surface area contributed by atoms with Gasteiger partial charge in [0.05, 0.1) is 19.2 Å². The SMILES string of the molecule is COc1cc2cc(c1Cl)N(C)C(=O)C[C@@H](OC(=O)[C@@H](C)N(C)C(=O)C(C)(C)C)[C@]1(C)C[C@@H]1[C@@H](C)[C@H]1C[C@](O)(NC(=O)O1)[C@@H](OC)/C=C/C=C(\C)C2. The predicted octanol–water partition coefficient (Wildman–Crippen LogP) is 5.43. The molecule has 3 amide bonds. The quantitative estimate of drug-likeness (QED) is 0.379. The minimum absolute atomic E-state index is 0.0328. The number of methoxy groups -OCH3 is 2. The predicted molar refractivity (Wildman–Crippen MR) is 193 cm³/mol. The number of ether oxygens (including phenoxy) is 4. The maximum Gasteiger partial charge on any atom is 0.409 e. The number of halogens is 1. The molecule has 0 spiro atoms. The zero-order valence-electron chi connectivity index (χ0n) is 31.7. The number of esters is 1. The van der Waals surface area contributed by atoms with Gasteiger partial charge in [-0.25, -0.2) is 9.59 Å². The van der Waals surface area contributed by atoms with Crippen molar-refractivity contribution >= 4 is 41.2 Å². The van der Waals surface area contributed by atoms with Gasteiger partial charge in [-0.15, -0.1) is 0 Å². The van der Waals surface area contributed by atoms with Crippen LogP contribution in [0.5, 0.6) is 5.75 Å². The molecule has 4 rings (SSSR count). The van der Waals surface area contributed by atoms with E-state index in [1.807, 2.05) is 39.0 Å². The van der Waals surface area contributed by atoms with Gasteiger partial charge in [-0.05, 0) is 56.2 Å². The number of carbonyl (C=O) groups excluding carboxylic acids is 4. The van der Waals surface area contributed by atoms with Gasteiger partial charge < -0.3 is 33.9 Å². The molecule has 2 N–H and O–H groups in total. The first-order valence-electron chi connectivity index (χ1n) is 17.4. The number of nitrogens with zero attached hydrogens (tertiary/aromatic N) is 2. The average molecular weight is 732 g/mol. The number of hydrogen-bond donors (Lipinski definition) is 2. The van der Waals surface area contributed by atoms with Gasteiger partial charge in [0.2, 0.25) is 11.8 Å². The summed E-state index contributed by atoms with van der Waals surface area (Å²) < 4.78 is 23.2. The number of aliphatic hydroxyl groups is 1. The summed E-state index contributed by atoms with van der Waals surface area (Å²) in [7, 11) is 6.14. The van der Waals surface area contributed by atoms with E-state index in [4.69, 9.17) is 30.5 Å². The van der Waals surface area contributed by atoms with Gasteiger partial charge in [0, 0.05) is 38.5 Å². The Hall–Kier alpha value is -3.61. The third-order valence-corrected chi connectivity index (χ3v) is 11.2. The summed E-state index contributed by atoms with van der Waals surface area (Å²) in [5.41, 5.74) is -0.982. The number of benzene rings is 1. The molecular formula is C38H54ClN3O9. The Morgan fingerprint density at radius 2 is 1.86 bits per heavy atom. The lowest BCUT2D eigenvalue weighted by Gasteiger charge is -2.42. The van der Waals surface area contributed by atoms with E-state index in [2.05, 4.69) is 5.32 Å². The van der Waals surface area contributed by atoms with E-state index in [-0.39, 0.29) is 41.5 Å². The van der Waals surface area contributed by atoms with Gasteiger partial charge in [-0.1, -0.05) is 70.0 Å². The van der Waals surface area contributed by atoms with Crippen molar-refractivity contribution in [1.29, 1.82) is 0 Å². The van der Waals surface area contributed by atoms with Gasteiger partial charge in [0.25, 0.3) is 0 Å². The molecule has 0 unspecified atom stereocenters. The first kappa shape index (κ1) is 40.2. The second-order valence-corrected chi connectivity index (χ2v) is 16.0. The molecule has 1 aromatic carbocycles. The fourth-order valence-electron chi connectivity index (χ4n) is 7.26. The molecule has 282 valence electrons. The van der Waals surface area contributed by atoms with Crippen LogP contribution >= 0.6 is 11.6 Å². The summed E-state index contributed by atoms with van der Waals surface area (Å²) in [6, 6.07) is 2.71. The number of carbonyl (C=O) groups is 4. The monoisotopic (exact) mass is 731 g/mol.